The summed E-state index contributed by atoms with van der Waals surface area (Å²) in [7, 11) is 0. The molecule has 0 fully saturated rings. The molecule has 0 aliphatic rings. The molecule has 20 heavy (non-hydrogen) atoms. The maximum Gasteiger partial charge on any atom is 0.160 e. The molecule has 0 radical (unpaired) electrons. The second kappa shape index (κ2) is 4.85. The van der Waals surface area contributed by atoms with E-state index >= 15 is 0 Å². The van der Waals surface area contributed by atoms with Crippen LogP contribution in [0.4, 0.5) is 0 Å². The molecule has 3 nitrogen and oxygen atoms in total. The van der Waals surface area contributed by atoms with Crippen molar-refractivity contribution in [1.82, 2.24) is 9.97 Å². The van der Waals surface area contributed by atoms with Crippen LogP contribution in [-0.2, 0) is 0 Å². The van der Waals surface area contributed by atoms with Crippen molar-refractivity contribution in [3.63, 3.8) is 0 Å². The number of rotatable bonds is 2. The number of aryl methyl sites for hydroxylation is 1. The van der Waals surface area contributed by atoms with Crippen LogP contribution in [0.15, 0.2) is 48.8 Å². The predicted molar refractivity (Wildman–Crippen MR) is 79.7 cm³/mol. The number of Topliss-reactive ketones (excluding diaryl/α,β-unsaturated/α-hetero) is 1. The summed E-state index contributed by atoms with van der Waals surface area (Å²) in [5, 5.41) is 0.802. The summed E-state index contributed by atoms with van der Waals surface area (Å²) in [5.74, 6) is 0.0266. The second-order valence-electron chi connectivity index (χ2n) is 4.87. The van der Waals surface area contributed by atoms with Crippen LogP contribution >= 0.6 is 0 Å². The van der Waals surface area contributed by atoms with Gasteiger partial charge in [-0.1, -0.05) is 29.8 Å². The Morgan fingerprint density at radius 1 is 1.10 bits per heavy atom. The van der Waals surface area contributed by atoms with E-state index in [1.165, 1.54) is 5.56 Å². The van der Waals surface area contributed by atoms with Crippen LogP contribution in [-0.4, -0.2) is 15.8 Å². The van der Waals surface area contributed by atoms with Gasteiger partial charge < -0.3 is 0 Å². The molecule has 0 N–H and O–H groups in total. The third-order valence-electron chi connectivity index (χ3n) is 3.34. The van der Waals surface area contributed by atoms with Crippen LogP contribution in [0.5, 0.6) is 0 Å². The van der Waals surface area contributed by atoms with Gasteiger partial charge in [0, 0.05) is 28.9 Å². The Bertz CT molecular complexity index is 792. The SMILES string of the molecule is CC(=O)c1cc(-c2ccc(C)cc2)nc2ccncc12. The first-order valence-electron chi connectivity index (χ1n) is 6.48. The van der Waals surface area contributed by atoms with Crippen molar-refractivity contribution in [2.45, 2.75) is 13.8 Å². The standard InChI is InChI=1S/C17H14N2O/c1-11-3-5-13(6-4-11)17-9-14(12(2)20)15-10-18-8-7-16(15)19-17/h3-10H,1-2H3. The van der Waals surface area contributed by atoms with Gasteiger partial charge in [0.1, 0.15) is 0 Å². The number of ketones is 1. The summed E-state index contributed by atoms with van der Waals surface area (Å²) < 4.78 is 0. The minimum atomic E-state index is 0.0266. The van der Waals surface area contributed by atoms with Crippen molar-refractivity contribution >= 4 is 16.7 Å². The van der Waals surface area contributed by atoms with E-state index in [4.69, 9.17) is 0 Å². The van der Waals surface area contributed by atoms with E-state index in [1.54, 1.807) is 19.3 Å². The van der Waals surface area contributed by atoms with E-state index in [2.05, 4.69) is 9.97 Å². The molecule has 0 amide bonds. The van der Waals surface area contributed by atoms with Crippen LogP contribution in [0.2, 0.25) is 0 Å². The number of carbonyl (C=O) groups is 1. The quantitative estimate of drug-likeness (QED) is 0.659. The number of aromatic nitrogens is 2. The molecular weight excluding hydrogens is 248 g/mol. The number of fused-ring (bicyclic) bond motifs is 1. The summed E-state index contributed by atoms with van der Waals surface area (Å²) >= 11 is 0. The lowest BCUT2D eigenvalue weighted by Gasteiger charge is -2.07. The lowest BCUT2D eigenvalue weighted by molar-refractivity contribution is 0.101. The summed E-state index contributed by atoms with van der Waals surface area (Å²) in [6.45, 7) is 3.62. The average Bonchev–Trinajstić information content (AvgIpc) is 2.46. The zero-order chi connectivity index (χ0) is 14.1. The van der Waals surface area contributed by atoms with Crippen LogP contribution < -0.4 is 0 Å². The second-order valence-corrected chi connectivity index (χ2v) is 4.87. The van der Waals surface area contributed by atoms with Gasteiger partial charge in [-0.3, -0.25) is 9.78 Å². The maximum atomic E-state index is 11.8. The fraction of sp³-hybridized carbons (Fsp3) is 0.118. The number of carbonyl (C=O) groups excluding carboxylic acids is 1. The molecule has 0 aliphatic carbocycles. The molecular formula is C17H14N2O. The smallest absolute Gasteiger partial charge is 0.160 e. The van der Waals surface area contributed by atoms with Crippen LogP contribution in [0, 0.1) is 6.92 Å². The van der Waals surface area contributed by atoms with Gasteiger partial charge in [-0.15, -0.1) is 0 Å². The van der Waals surface area contributed by atoms with Crippen LogP contribution in [0.25, 0.3) is 22.2 Å². The first-order valence-corrected chi connectivity index (χ1v) is 6.48. The minimum Gasteiger partial charge on any atom is -0.294 e. The third-order valence-corrected chi connectivity index (χ3v) is 3.34. The van der Waals surface area contributed by atoms with Gasteiger partial charge in [0.25, 0.3) is 0 Å². The fourth-order valence-corrected chi connectivity index (χ4v) is 2.23. The first-order chi connectivity index (χ1) is 9.65. The van der Waals surface area contributed by atoms with E-state index in [0.29, 0.717) is 5.56 Å². The average molecular weight is 262 g/mol. The van der Waals surface area contributed by atoms with E-state index in [9.17, 15) is 4.79 Å². The van der Waals surface area contributed by atoms with Crippen molar-refractivity contribution < 1.29 is 4.79 Å². The van der Waals surface area contributed by atoms with Gasteiger partial charge in [-0.25, -0.2) is 4.98 Å². The summed E-state index contributed by atoms with van der Waals surface area (Å²) in [4.78, 5) is 20.5. The van der Waals surface area contributed by atoms with Gasteiger partial charge in [-0.2, -0.15) is 0 Å². The molecule has 98 valence electrons. The van der Waals surface area contributed by atoms with Gasteiger partial charge >= 0.3 is 0 Å². The Morgan fingerprint density at radius 2 is 1.85 bits per heavy atom. The molecule has 2 heterocycles. The van der Waals surface area contributed by atoms with E-state index in [0.717, 1.165) is 22.2 Å². The fourth-order valence-electron chi connectivity index (χ4n) is 2.23. The predicted octanol–water partition coefficient (Wildman–Crippen LogP) is 3.81. The molecule has 1 aromatic carbocycles. The summed E-state index contributed by atoms with van der Waals surface area (Å²) in [6.07, 6.45) is 3.39. The lowest BCUT2D eigenvalue weighted by Crippen LogP contribution is -1.98. The van der Waals surface area contributed by atoms with Gasteiger partial charge in [0.15, 0.2) is 5.78 Å². The Kier molecular flexibility index (Phi) is 3.03. The monoisotopic (exact) mass is 262 g/mol. The molecule has 0 atom stereocenters. The Labute approximate surface area is 117 Å². The zero-order valence-electron chi connectivity index (χ0n) is 11.4. The number of benzene rings is 1. The molecule has 2 aromatic heterocycles. The van der Waals surface area contributed by atoms with Gasteiger partial charge in [-0.05, 0) is 26.0 Å². The third kappa shape index (κ3) is 2.18. The molecule has 0 saturated carbocycles. The number of hydrogen-bond donors (Lipinski definition) is 0. The molecule has 0 bridgehead atoms. The van der Waals surface area contributed by atoms with Crippen molar-refractivity contribution in [2.24, 2.45) is 0 Å². The highest BCUT2D eigenvalue weighted by Crippen LogP contribution is 2.24. The van der Waals surface area contributed by atoms with Crippen LogP contribution in [0.3, 0.4) is 0 Å². The van der Waals surface area contributed by atoms with E-state index < -0.39 is 0 Å². The maximum absolute atomic E-state index is 11.8. The topological polar surface area (TPSA) is 42.9 Å². The van der Waals surface area contributed by atoms with E-state index in [1.807, 2.05) is 43.3 Å². The Morgan fingerprint density at radius 3 is 2.55 bits per heavy atom. The van der Waals surface area contributed by atoms with Crippen molar-refractivity contribution in [3.8, 4) is 11.3 Å². The van der Waals surface area contributed by atoms with Crippen molar-refractivity contribution in [1.29, 1.82) is 0 Å². The van der Waals surface area contributed by atoms with Gasteiger partial charge in [0.05, 0.1) is 11.2 Å². The molecule has 3 rings (SSSR count). The Balaban J connectivity index is 2.27. The largest absolute Gasteiger partial charge is 0.294 e. The summed E-state index contributed by atoms with van der Waals surface area (Å²) in [5.41, 5.74) is 4.48. The summed E-state index contributed by atoms with van der Waals surface area (Å²) in [6, 6.07) is 11.8. The molecule has 0 unspecified atom stereocenters. The first kappa shape index (κ1) is 12.5. The number of nitrogens with zero attached hydrogens (tertiary/aromatic N) is 2. The highest BCUT2D eigenvalue weighted by molar-refractivity contribution is 6.06. The van der Waals surface area contributed by atoms with Crippen LogP contribution in [0.1, 0.15) is 22.8 Å². The van der Waals surface area contributed by atoms with Crippen molar-refractivity contribution in [3.05, 3.63) is 59.9 Å². The van der Waals surface area contributed by atoms with Crippen molar-refractivity contribution in [2.75, 3.05) is 0 Å². The van der Waals surface area contributed by atoms with E-state index in [-0.39, 0.29) is 5.78 Å². The Hall–Kier alpha value is -2.55. The highest BCUT2D eigenvalue weighted by Gasteiger charge is 2.10. The zero-order valence-corrected chi connectivity index (χ0v) is 11.4. The highest BCUT2D eigenvalue weighted by atomic mass is 16.1. The number of hydrogen-bond acceptors (Lipinski definition) is 3. The molecule has 3 heteroatoms. The number of pyridine rings is 2. The minimum absolute atomic E-state index is 0.0266. The normalized spacial score (nSPS) is 10.7. The molecule has 3 aromatic rings. The molecule has 0 aliphatic heterocycles. The lowest BCUT2D eigenvalue weighted by atomic mass is 10.0. The molecule has 0 saturated heterocycles. The molecule has 0 spiro atoms. The van der Waals surface area contributed by atoms with Gasteiger partial charge in [0.2, 0.25) is 0 Å².